The second kappa shape index (κ2) is 6.66. The van der Waals surface area contributed by atoms with Crippen LogP contribution in [0.5, 0.6) is 5.75 Å². The molecule has 7 heteroatoms. The Kier molecular flexibility index (Phi) is 4.31. The lowest BCUT2D eigenvalue weighted by Gasteiger charge is -2.30. The number of carbonyl (C=O) groups is 1. The quantitative estimate of drug-likeness (QED) is 0.699. The van der Waals surface area contributed by atoms with Crippen molar-refractivity contribution in [2.24, 2.45) is 0 Å². The summed E-state index contributed by atoms with van der Waals surface area (Å²) in [6.07, 6.45) is 1.31. The number of hydrogen-bond donors (Lipinski definition) is 0. The highest BCUT2D eigenvalue weighted by molar-refractivity contribution is 7.09. The Morgan fingerprint density at radius 3 is 2.81 bits per heavy atom. The van der Waals surface area contributed by atoms with Gasteiger partial charge >= 0.3 is 0 Å². The molecule has 0 N–H and O–H groups in total. The molecule has 0 aliphatic carbocycles. The maximum Gasteiger partial charge on any atom is 0.267 e. The smallest absolute Gasteiger partial charge is 0.267 e. The number of pyridine rings is 1. The third kappa shape index (κ3) is 3.26. The fourth-order valence-corrected chi connectivity index (χ4v) is 3.87. The largest absolute Gasteiger partial charge is 0.479 e. The number of aromatic nitrogens is 2. The third-order valence-corrected chi connectivity index (χ3v) is 5.44. The zero-order chi connectivity index (χ0) is 19.1. The Balaban J connectivity index is 1.62. The topological polar surface area (TPSA) is 64.4 Å². The summed E-state index contributed by atoms with van der Waals surface area (Å²) < 4.78 is 7.31. The van der Waals surface area contributed by atoms with Crippen molar-refractivity contribution in [2.45, 2.75) is 26.5 Å². The number of anilines is 1. The lowest BCUT2D eigenvalue weighted by Crippen LogP contribution is -2.41. The molecule has 3 aromatic rings. The van der Waals surface area contributed by atoms with E-state index in [1.807, 2.05) is 36.6 Å². The van der Waals surface area contributed by atoms with E-state index in [4.69, 9.17) is 4.74 Å². The molecule has 1 atom stereocenters. The summed E-state index contributed by atoms with van der Waals surface area (Å²) in [7, 11) is 1.75. The van der Waals surface area contributed by atoms with Crippen molar-refractivity contribution in [2.75, 3.05) is 11.9 Å². The van der Waals surface area contributed by atoms with E-state index in [-0.39, 0.29) is 11.5 Å². The van der Waals surface area contributed by atoms with Crippen molar-refractivity contribution >= 4 is 22.9 Å². The molecule has 3 heterocycles. The summed E-state index contributed by atoms with van der Waals surface area (Å²) in [5.74, 6) is 0.618. The molecule has 1 aliphatic heterocycles. The summed E-state index contributed by atoms with van der Waals surface area (Å²) in [6, 6.07) is 9.24. The molecule has 0 bridgehead atoms. The van der Waals surface area contributed by atoms with Gasteiger partial charge in [-0.15, -0.1) is 11.3 Å². The zero-order valence-electron chi connectivity index (χ0n) is 15.3. The Hall–Kier alpha value is -2.93. The van der Waals surface area contributed by atoms with E-state index < -0.39 is 6.10 Å². The number of nitrogens with zero attached hydrogens (tertiary/aromatic N) is 3. The maximum atomic E-state index is 12.2. The average molecular weight is 381 g/mol. The molecule has 0 radical (unpaired) electrons. The van der Waals surface area contributed by atoms with Crippen LogP contribution in [0.25, 0.3) is 11.3 Å². The molecule has 1 aromatic carbocycles. The van der Waals surface area contributed by atoms with Gasteiger partial charge in [-0.1, -0.05) is 0 Å². The number of aryl methyl sites for hydroxylation is 1. The van der Waals surface area contributed by atoms with Gasteiger partial charge in [0.05, 0.1) is 17.9 Å². The number of benzene rings is 1. The molecule has 6 nitrogen and oxygen atoms in total. The van der Waals surface area contributed by atoms with Crippen molar-refractivity contribution in [1.29, 1.82) is 0 Å². The molecule has 0 fully saturated rings. The molecular formula is C20H19N3O3S. The van der Waals surface area contributed by atoms with Gasteiger partial charge in [0.15, 0.2) is 6.10 Å². The summed E-state index contributed by atoms with van der Waals surface area (Å²) in [5, 5.41) is 2.81. The third-order valence-electron chi connectivity index (χ3n) is 4.61. The van der Waals surface area contributed by atoms with E-state index in [2.05, 4.69) is 4.98 Å². The van der Waals surface area contributed by atoms with Gasteiger partial charge in [0.2, 0.25) is 0 Å². The number of hydrogen-bond acceptors (Lipinski definition) is 5. The van der Waals surface area contributed by atoms with E-state index in [1.54, 1.807) is 35.7 Å². The number of ether oxygens (including phenoxy) is 1. The van der Waals surface area contributed by atoms with Crippen LogP contribution in [0.4, 0.5) is 5.69 Å². The number of rotatable bonds is 3. The van der Waals surface area contributed by atoms with Crippen molar-refractivity contribution in [3.63, 3.8) is 0 Å². The first-order chi connectivity index (χ1) is 12.9. The van der Waals surface area contributed by atoms with Crippen LogP contribution in [0, 0.1) is 6.92 Å². The molecule has 0 saturated heterocycles. The van der Waals surface area contributed by atoms with E-state index in [9.17, 15) is 9.59 Å². The number of likely N-dealkylation sites (N-methyl/N-ethyl adjacent to an activating group) is 1. The lowest BCUT2D eigenvalue weighted by atomic mass is 10.1. The van der Waals surface area contributed by atoms with E-state index in [0.29, 0.717) is 12.3 Å². The van der Waals surface area contributed by atoms with Crippen LogP contribution >= 0.6 is 11.3 Å². The van der Waals surface area contributed by atoms with Crippen LogP contribution in [0.1, 0.15) is 17.5 Å². The van der Waals surface area contributed by atoms with Crippen LogP contribution < -0.4 is 15.2 Å². The van der Waals surface area contributed by atoms with Crippen LogP contribution in [-0.2, 0) is 11.3 Å². The summed E-state index contributed by atoms with van der Waals surface area (Å²) in [6.45, 7) is 4.08. The van der Waals surface area contributed by atoms with E-state index in [1.165, 1.54) is 11.3 Å². The molecule has 0 spiro atoms. The van der Waals surface area contributed by atoms with Gasteiger partial charge in [-0.25, -0.2) is 4.98 Å². The molecule has 1 unspecified atom stereocenters. The van der Waals surface area contributed by atoms with Crippen molar-refractivity contribution in [3.05, 3.63) is 62.8 Å². The second-order valence-corrected chi connectivity index (χ2v) is 7.58. The normalized spacial score (nSPS) is 16.2. The van der Waals surface area contributed by atoms with Crippen LogP contribution in [0.3, 0.4) is 0 Å². The first kappa shape index (κ1) is 17.5. The number of carbonyl (C=O) groups excluding carboxylic acids is 1. The fraction of sp³-hybridized carbons (Fsp3) is 0.250. The molecule has 4 rings (SSSR count). The average Bonchev–Trinajstić information content (AvgIpc) is 3.11. The highest BCUT2D eigenvalue weighted by Crippen LogP contribution is 2.37. The minimum absolute atomic E-state index is 0.0352. The zero-order valence-corrected chi connectivity index (χ0v) is 16.1. The maximum absolute atomic E-state index is 12.2. The van der Waals surface area contributed by atoms with Crippen molar-refractivity contribution in [1.82, 2.24) is 9.55 Å². The van der Waals surface area contributed by atoms with Gasteiger partial charge in [-0.2, -0.15) is 0 Å². The SMILES string of the molecule is Cc1ccn(Cc2nc(-c3ccc4c(c3)N(C)C(=O)C(C)O4)cs2)c(=O)c1. The predicted octanol–water partition coefficient (Wildman–Crippen LogP) is 3.07. The summed E-state index contributed by atoms with van der Waals surface area (Å²) >= 11 is 1.51. The highest BCUT2D eigenvalue weighted by atomic mass is 32.1. The highest BCUT2D eigenvalue weighted by Gasteiger charge is 2.29. The molecule has 1 aliphatic rings. The first-order valence-electron chi connectivity index (χ1n) is 8.62. The Morgan fingerprint density at radius 2 is 2.04 bits per heavy atom. The van der Waals surface area contributed by atoms with Gasteiger partial charge in [-0.05, 0) is 43.7 Å². The van der Waals surface area contributed by atoms with Crippen LogP contribution in [0.15, 0.2) is 46.7 Å². The first-order valence-corrected chi connectivity index (χ1v) is 9.50. The standard InChI is InChI=1S/C20H19N3O3S/c1-12-6-7-23(19(24)8-12)10-18-21-15(11-27-18)14-4-5-17-16(9-14)22(3)20(25)13(2)26-17/h4-9,11,13H,10H2,1-3H3. The lowest BCUT2D eigenvalue weighted by molar-refractivity contribution is -0.125. The van der Waals surface area contributed by atoms with Crippen LogP contribution in [0.2, 0.25) is 0 Å². The van der Waals surface area contributed by atoms with Gasteiger partial charge in [-0.3, -0.25) is 9.59 Å². The monoisotopic (exact) mass is 381 g/mol. The molecule has 2 aromatic heterocycles. The summed E-state index contributed by atoms with van der Waals surface area (Å²) in [5.41, 5.74) is 3.37. The Labute approximate surface area is 160 Å². The predicted molar refractivity (Wildman–Crippen MR) is 106 cm³/mol. The Bertz CT molecular complexity index is 1090. The van der Waals surface area contributed by atoms with Crippen LogP contribution in [-0.4, -0.2) is 28.6 Å². The van der Waals surface area contributed by atoms with Gasteiger partial charge in [0.25, 0.3) is 11.5 Å². The Morgan fingerprint density at radius 1 is 1.22 bits per heavy atom. The minimum atomic E-state index is -0.480. The number of fused-ring (bicyclic) bond motifs is 1. The van der Waals surface area contributed by atoms with E-state index >= 15 is 0 Å². The van der Waals surface area contributed by atoms with Crippen molar-refractivity contribution < 1.29 is 9.53 Å². The van der Waals surface area contributed by atoms with Gasteiger partial charge < -0.3 is 14.2 Å². The molecule has 138 valence electrons. The summed E-state index contributed by atoms with van der Waals surface area (Å²) in [4.78, 5) is 30.5. The van der Waals surface area contributed by atoms with Gasteiger partial charge in [0.1, 0.15) is 10.8 Å². The molecule has 0 saturated carbocycles. The number of amides is 1. The number of thiazole rings is 1. The van der Waals surface area contributed by atoms with Gasteiger partial charge in [0, 0.05) is 30.3 Å². The fourth-order valence-electron chi connectivity index (χ4n) is 3.07. The molecule has 1 amide bonds. The van der Waals surface area contributed by atoms with Crippen molar-refractivity contribution in [3.8, 4) is 17.0 Å². The minimum Gasteiger partial charge on any atom is -0.479 e. The molecule has 27 heavy (non-hydrogen) atoms. The molecular weight excluding hydrogens is 362 g/mol. The van der Waals surface area contributed by atoms with E-state index in [0.717, 1.165) is 27.5 Å². The second-order valence-electron chi connectivity index (χ2n) is 6.64.